The van der Waals surface area contributed by atoms with Crippen LogP contribution in [0.4, 0.5) is 0 Å². The summed E-state index contributed by atoms with van der Waals surface area (Å²) in [6, 6.07) is 3.15. The molecule has 8 atom stereocenters. The highest BCUT2D eigenvalue weighted by atomic mass is 35.5. The molecule has 0 bridgehead atoms. The molecule has 3 saturated heterocycles. The summed E-state index contributed by atoms with van der Waals surface area (Å²) in [4.78, 5) is 88.0. The number of fused-ring (bicyclic) bond motifs is 3. The number of esters is 1. The van der Waals surface area contributed by atoms with Gasteiger partial charge in [0, 0.05) is 43.3 Å². The van der Waals surface area contributed by atoms with E-state index in [-0.39, 0.29) is 66.4 Å². The van der Waals surface area contributed by atoms with E-state index in [1.807, 2.05) is 37.3 Å². The number of amides is 5. The maximum atomic E-state index is 14.6. The Kier molecular flexibility index (Phi) is 10.1. The molecule has 3 fully saturated rings. The summed E-state index contributed by atoms with van der Waals surface area (Å²) < 4.78 is 4.87. The SMILES string of the molecule is CC[C@@H]1C=C[C@H]2CCN(C(=O)[C@@H]3CC[C@@H]4C=C[C@H]5CCN(C(=O)C(Cc6ccccc6Cl)NC(C)=O)[C@@H]5C(=O)N43)[C@@H]2C(=O)N1CC(=O)OC. The summed E-state index contributed by atoms with van der Waals surface area (Å²) in [5.41, 5.74) is 0.701. The molecule has 0 radical (unpaired) electrons. The first-order valence-electron chi connectivity index (χ1n) is 17.2. The molecule has 12 nitrogen and oxygen atoms in total. The minimum absolute atomic E-state index is 0.162. The van der Waals surface area contributed by atoms with Crippen LogP contribution in [0.3, 0.4) is 0 Å². The van der Waals surface area contributed by atoms with Crippen LogP contribution in [-0.2, 0) is 39.9 Å². The Morgan fingerprint density at radius 1 is 0.918 bits per heavy atom. The highest BCUT2D eigenvalue weighted by Gasteiger charge is 2.54. The van der Waals surface area contributed by atoms with Gasteiger partial charge in [-0.1, -0.05) is 61.0 Å². The molecule has 5 amide bonds. The number of benzene rings is 1. The minimum Gasteiger partial charge on any atom is -0.468 e. The van der Waals surface area contributed by atoms with Gasteiger partial charge < -0.3 is 29.7 Å². The number of likely N-dealkylation sites (tertiary alicyclic amines) is 2. The zero-order valence-corrected chi connectivity index (χ0v) is 28.9. The Bertz CT molecular complexity index is 1580. The molecule has 0 saturated carbocycles. The van der Waals surface area contributed by atoms with E-state index in [1.54, 1.807) is 32.9 Å². The van der Waals surface area contributed by atoms with Crippen molar-refractivity contribution in [1.29, 1.82) is 0 Å². The second kappa shape index (κ2) is 14.3. The normalized spacial score (nSPS) is 29.6. The number of ether oxygens (including phenoxy) is 1. The lowest BCUT2D eigenvalue weighted by Gasteiger charge is -2.37. The lowest BCUT2D eigenvalue weighted by Crippen LogP contribution is -2.60. The van der Waals surface area contributed by atoms with E-state index in [0.29, 0.717) is 55.8 Å². The first-order valence-corrected chi connectivity index (χ1v) is 17.6. The maximum absolute atomic E-state index is 14.6. The van der Waals surface area contributed by atoms with E-state index in [2.05, 4.69) is 5.32 Å². The van der Waals surface area contributed by atoms with E-state index >= 15 is 0 Å². The lowest BCUT2D eigenvalue weighted by atomic mass is 9.97. The van der Waals surface area contributed by atoms with Crippen molar-refractivity contribution in [2.24, 2.45) is 11.8 Å². The summed E-state index contributed by atoms with van der Waals surface area (Å²) in [5, 5.41) is 3.24. The largest absolute Gasteiger partial charge is 0.468 e. The predicted molar refractivity (Wildman–Crippen MR) is 180 cm³/mol. The van der Waals surface area contributed by atoms with Gasteiger partial charge in [-0.3, -0.25) is 28.8 Å². The van der Waals surface area contributed by atoms with Crippen molar-refractivity contribution in [2.75, 3.05) is 26.7 Å². The van der Waals surface area contributed by atoms with E-state index in [1.165, 1.54) is 18.9 Å². The molecule has 5 aliphatic heterocycles. The fraction of sp³-hybridized carbons (Fsp3) is 0.556. The van der Waals surface area contributed by atoms with Crippen LogP contribution in [0.5, 0.6) is 0 Å². The van der Waals surface area contributed by atoms with Crippen molar-refractivity contribution in [3.63, 3.8) is 0 Å². The molecule has 0 spiro atoms. The Balaban J connectivity index is 1.24. The molecule has 5 aliphatic rings. The lowest BCUT2D eigenvalue weighted by molar-refractivity contribution is -0.155. The smallest absolute Gasteiger partial charge is 0.325 e. The molecular weight excluding hydrogens is 650 g/mol. The van der Waals surface area contributed by atoms with Gasteiger partial charge in [-0.05, 0) is 43.7 Å². The molecule has 49 heavy (non-hydrogen) atoms. The fourth-order valence-corrected chi connectivity index (χ4v) is 8.57. The number of hydrogen-bond acceptors (Lipinski definition) is 7. The van der Waals surface area contributed by atoms with Gasteiger partial charge in [-0.25, -0.2) is 0 Å². The van der Waals surface area contributed by atoms with E-state index in [0.717, 1.165) is 0 Å². The summed E-state index contributed by atoms with van der Waals surface area (Å²) in [5.74, 6) is -2.63. The Labute approximate surface area is 291 Å². The molecule has 1 aromatic rings. The molecule has 1 N–H and O–H groups in total. The maximum Gasteiger partial charge on any atom is 0.325 e. The number of hydrogen-bond donors (Lipinski definition) is 1. The first kappa shape index (κ1) is 34.7. The Morgan fingerprint density at radius 3 is 2.27 bits per heavy atom. The Morgan fingerprint density at radius 2 is 1.59 bits per heavy atom. The van der Waals surface area contributed by atoms with Crippen molar-refractivity contribution >= 4 is 47.1 Å². The second-order valence-electron chi connectivity index (χ2n) is 13.6. The average Bonchev–Trinajstić information content (AvgIpc) is 3.79. The Hall–Kier alpha value is -4.19. The second-order valence-corrected chi connectivity index (χ2v) is 14.0. The predicted octanol–water partition coefficient (Wildman–Crippen LogP) is 2.10. The zero-order chi connectivity index (χ0) is 35.0. The number of nitrogens with zero attached hydrogens (tertiary/aromatic N) is 4. The molecule has 262 valence electrons. The topological polar surface area (TPSA) is 137 Å². The molecule has 1 aromatic carbocycles. The third-order valence-electron chi connectivity index (χ3n) is 10.8. The molecule has 6 rings (SSSR count). The van der Waals surface area contributed by atoms with Crippen molar-refractivity contribution < 1.29 is 33.5 Å². The van der Waals surface area contributed by atoms with Gasteiger partial charge in [0.25, 0.3) is 0 Å². The van der Waals surface area contributed by atoms with E-state index in [4.69, 9.17) is 16.3 Å². The van der Waals surface area contributed by atoms with Gasteiger partial charge in [-0.2, -0.15) is 0 Å². The van der Waals surface area contributed by atoms with Gasteiger partial charge >= 0.3 is 5.97 Å². The number of halogens is 1. The van der Waals surface area contributed by atoms with Gasteiger partial charge in [0.2, 0.25) is 29.5 Å². The monoisotopic (exact) mass is 693 g/mol. The fourth-order valence-electron chi connectivity index (χ4n) is 8.36. The van der Waals surface area contributed by atoms with Gasteiger partial charge in [0.15, 0.2) is 0 Å². The average molecular weight is 694 g/mol. The number of methoxy groups -OCH3 is 1. The minimum atomic E-state index is -0.932. The highest BCUT2D eigenvalue weighted by Crippen LogP contribution is 2.39. The third kappa shape index (κ3) is 6.59. The summed E-state index contributed by atoms with van der Waals surface area (Å²) in [7, 11) is 1.28. The zero-order valence-electron chi connectivity index (χ0n) is 28.1. The molecule has 5 heterocycles. The van der Waals surface area contributed by atoms with Gasteiger partial charge in [0.1, 0.15) is 30.7 Å². The standard InChI is InChI=1S/C36H44ClN5O7/c1-4-25-11-9-22-16-18-40(31(22)35(47)41(25)20-30(44)49-3)34(46)29-14-13-26-12-10-23-15-17-39(32(23)36(48)42(26)29)33(45)28(38-21(2)43)19-24-7-5-6-8-27(24)37/h5-12,22-23,25-26,28-29,31-32H,4,13-20H2,1-3H3,(H,38,43)/t22-,23-,25+,26-,28?,29-,31-,32-/m0/s1. The van der Waals surface area contributed by atoms with Crippen LogP contribution in [0.2, 0.25) is 5.02 Å². The molecule has 0 aliphatic carbocycles. The van der Waals surface area contributed by atoms with Crippen LogP contribution in [-0.4, -0.2) is 118 Å². The van der Waals surface area contributed by atoms with Crippen molar-refractivity contribution in [3.8, 4) is 0 Å². The highest BCUT2D eigenvalue weighted by molar-refractivity contribution is 6.31. The van der Waals surface area contributed by atoms with Crippen LogP contribution in [0.1, 0.15) is 51.5 Å². The van der Waals surface area contributed by atoms with Crippen LogP contribution >= 0.6 is 11.6 Å². The van der Waals surface area contributed by atoms with Crippen LogP contribution in [0, 0.1) is 11.8 Å². The molecular formula is C36H44ClN5O7. The van der Waals surface area contributed by atoms with Gasteiger partial charge in [0.05, 0.1) is 19.2 Å². The van der Waals surface area contributed by atoms with Crippen LogP contribution in [0.15, 0.2) is 48.6 Å². The van der Waals surface area contributed by atoms with Crippen LogP contribution < -0.4 is 5.32 Å². The van der Waals surface area contributed by atoms with Crippen molar-refractivity contribution in [2.45, 2.75) is 88.6 Å². The van der Waals surface area contributed by atoms with Gasteiger partial charge in [-0.15, -0.1) is 0 Å². The van der Waals surface area contributed by atoms with E-state index in [9.17, 15) is 28.8 Å². The van der Waals surface area contributed by atoms with Crippen LogP contribution in [0.25, 0.3) is 0 Å². The molecule has 0 aromatic heterocycles. The molecule has 1 unspecified atom stereocenters. The molecule has 13 heteroatoms. The van der Waals surface area contributed by atoms with Crippen molar-refractivity contribution in [1.82, 2.24) is 24.9 Å². The summed E-state index contributed by atoms with van der Waals surface area (Å²) >= 11 is 6.41. The van der Waals surface area contributed by atoms with E-state index < -0.39 is 30.1 Å². The summed E-state index contributed by atoms with van der Waals surface area (Å²) in [6.45, 7) is 3.74. The number of carbonyl (C=O) groups is 6. The number of rotatable bonds is 8. The van der Waals surface area contributed by atoms with Crippen molar-refractivity contribution in [3.05, 3.63) is 59.2 Å². The third-order valence-corrected chi connectivity index (χ3v) is 11.1. The number of nitrogens with one attached hydrogen (secondary N) is 1. The summed E-state index contributed by atoms with van der Waals surface area (Å²) in [6.07, 6.45) is 10.8. The number of carbonyl (C=O) groups excluding carboxylic acids is 6. The first-order chi connectivity index (χ1) is 23.5. The quantitative estimate of drug-likeness (QED) is 0.325.